The molecule has 0 amide bonds. The molecule has 0 spiro atoms. The van der Waals surface area contributed by atoms with Gasteiger partial charge in [0, 0.05) is 24.7 Å². The van der Waals surface area contributed by atoms with Gasteiger partial charge < -0.3 is 20.1 Å². The van der Waals surface area contributed by atoms with Crippen molar-refractivity contribution in [1.82, 2.24) is 19.7 Å². The van der Waals surface area contributed by atoms with Crippen LogP contribution in [-0.4, -0.2) is 44.2 Å². The van der Waals surface area contributed by atoms with Crippen LogP contribution in [0.4, 0.5) is 24.7 Å². The molecular weight excluding hydrogens is 489 g/mol. The van der Waals surface area contributed by atoms with Gasteiger partial charge in [-0.3, -0.25) is 14.5 Å². The summed E-state index contributed by atoms with van der Waals surface area (Å²) in [5.41, 5.74) is -3.89. The van der Waals surface area contributed by atoms with Crippen LogP contribution in [0.2, 0.25) is 0 Å². The highest BCUT2D eigenvalue weighted by molar-refractivity contribution is 5.91. The number of pyridine rings is 2. The zero-order valence-corrected chi connectivity index (χ0v) is 19.2. The molecule has 3 N–H and O–H groups in total. The minimum absolute atomic E-state index is 0.169. The second-order valence-corrected chi connectivity index (χ2v) is 8.65. The lowest BCUT2D eigenvalue weighted by Gasteiger charge is -2.30. The number of hydrogen-bond donors (Lipinski definition) is 3. The first-order valence-corrected chi connectivity index (χ1v) is 11.4. The Balaban J connectivity index is 1.52. The summed E-state index contributed by atoms with van der Waals surface area (Å²) in [6, 6.07) is 12.4. The number of rotatable bonds is 5. The third kappa shape index (κ3) is 4.22. The van der Waals surface area contributed by atoms with Gasteiger partial charge in [-0.1, -0.05) is 18.2 Å². The van der Waals surface area contributed by atoms with Crippen molar-refractivity contribution in [2.24, 2.45) is 5.92 Å². The van der Waals surface area contributed by atoms with Crippen LogP contribution >= 0.6 is 0 Å². The summed E-state index contributed by atoms with van der Waals surface area (Å²) < 4.78 is 49.1. The number of aromatic nitrogens is 4. The SMILES string of the molecule is N#C[C@H]1CCOCC1n1nc(Nc2ccc(C(O)(c3ccccn3)C(F)(F)F)cc2)c2c(=O)[nH]ccc21. The lowest BCUT2D eigenvalue weighted by atomic mass is 9.89. The van der Waals surface area contributed by atoms with E-state index in [1.807, 2.05) is 0 Å². The molecule has 3 aromatic heterocycles. The van der Waals surface area contributed by atoms with Crippen LogP contribution in [0.3, 0.4) is 0 Å². The summed E-state index contributed by atoms with van der Waals surface area (Å²) in [7, 11) is 0. The molecule has 4 aromatic rings. The quantitative estimate of drug-likeness (QED) is 0.373. The fourth-order valence-corrected chi connectivity index (χ4v) is 4.52. The Morgan fingerprint density at radius 3 is 2.65 bits per heavy atom. The summed E-state index contributed by atoms with van der Waals surface area (Å²) in [5, 5.41) is 28.1. The number of hydrogen-bond acceptors (Lipinski definition) is 7. The average molecular weight is 510 g/mol. The van der Waals surface area contributed by atoms with E-state index in [0.29, 0.717) is 24.2 Å². The maximum absolute atomic E-state index is 14.0. The molecule has 1 fully saturated rings. The Bertz CT molecular complexity index is 1510. The molecule has 1 saturated heterocycles. The number of benzene rings is 1. The van der Waals surface area contributed by atoms with Gasteiger partial charge in [-0.15, -0.1) is 0 Å². The molecule has 37 heavy (non-hydrogen) atoms. The van der Waals surface area contributed by atoms with E-state index >= 15 is 0 Å². The van der Waals surface area contributed by atoms with Gasteiger partial charge in [-0.05, 0) is 42.3 Å². The van der Waals surface area contributed by atoms with Crippen molar-refractivity contribution in [2.45, 2.75) is 24.2 Å². The third-order valence-corrected chi connectivity index (χ3v) is 6.45. The zero-order valence-electron chi connectivity index (χ0n) is 19.2. The zero-order chi connectivity index (χ0) is 26.2. The molecule has 190 valence electrons. The largest absolute Gasteiger partial charge is 0.427 e. The highest BCUT2D eigenvalue weighted by Gasteiger charge is 2.57. The Kier molecular flexibility index (Phi) is 6.18. The maximum Gasteiger partial charge on any atom is 0.427 e. The van der Waals surface area contributed by atoms with Gasteiger partial charge in [0.2, 0.25) is 5.60 Å². The van der Waals surface area contributed by atoms with Gasteiger partial charge >= 0.3 is 6.18 Å². The number of nitrogens with zero attached hydrogens (tertiary/aromatic N) is 4. The second kappa shape index (κ2) is 9.34. The molecule has 0 aliphatic carbocycles. The number of aliphatic hydroxyl groups is 1. The number of nitriles is 1. The molecule has 0 radical (unpaired) electrons. The van der Waals surface area contributed by atoms with Gasteiger partial charge in [0.05, 0.1) is 35.8 Å². The lowest BCUT2D eigenvalue weighted by Crippen LogP contribution is -2.44. The predicted octanol–water partition coefficient (Wildman–Crippen LogP) is 3.76. The molecule has 3 atom stereocenters. The normalized spacial score (nSPS) is 19.8. The highest BCUT2D eigenvalue weighted by Crippen LogP contribution is 2.43. The standard InChI is InChI=1S/C25H21F3N6O3/c26-25(27,28)24(36,20-3-1-2-10-30-20)16-4-6-17(7-5-16)32-22-21-18(8-11-31-23(21)35)34(33-22)19-14-37-12-9-15(19)13-29/h1-8,10-11,15,19,36H,9,12,14H2,(H,31,35)(H,32,33)/t15-,19?,24?/m1/s1. The van der Waals surface area contributed by atoms with E-state index in [-0.39, 0.29) is 23.7 Å². The summed E-state index contributed by atoms with van der Waals surface area (Å²) in [6.07, 6.45) is -1.86. The molecular formula is C25H21F3N6O3. The molecule has 1 aliphatic rings. The van der Waals surface area contributed by atoms with E-state index in [1.54, 1.807) is 10.7 Å². The van der Waals surface area contributed by atoms with Crippen LogP contribution in [0.25, 0.3) is 10.9 Å². The number of nitrogens with one attached hydrogen (secondary N) is 2. The smallest absolute Gasteiger partial charge is 0.379 e. The Hall–Kier alpha value is -4.21. The van der Waals surface area contributed by atoms with Crippen LogP contribution in [0.15, 0.2) is 65.7 Å². The fraction of sp³-hybridized carbons (Fsp3) is 0.280. The van der Waals surface area contributed by atoms with E-state index in [4.69, 9.17) is 4.74 Å². The summed E-state index contributed by atoms with van der Waals surface area (Å²) in [5.74, 6) is -0.197. The Labute approximate surface area is 208 Å². The molecule has 4 heterocycles. The number of anilines is 2. The van der Waals surface area contributed by atoms with Gasteiger partial charge in [-0.2, -0.15) is 23.5 Å². The first-order chi connectivity index (χ1) is 17.7. The minimum Gasteiger partial charge on any atom is -0.379 e. The maximum atomic E-state index is 14.0. The summed E-state index contributed by atoms with van der Waals surface area (Å²) in [4.78, 5) is 19.0. The van der Waals surface area contributed by atoms with Gasteiger partial charge in [-0.25, -0.2) is 0 Å². The van der Waals surface area contributed by atoms with Crippen LogP contribution in [0.1, 0.15) is 23.7 Å². The first kappa shape index (κ1) is 24.5. The summed E-state index contributed by atoms with van der Waals surface area (Å²) >= 11 is 0. The predicted molar refractivity (Wildman–Crippen MR) is 127 cm³/mol. The Morgan fingerprint density at radius 2 is 1.97 bits per heavy atom. The molecule has 0 saturated carbocycles. The molecule has 0 bridgehead atoms. The number of aromatic amines is 1. The monoisotopic (exact) mass is 510 g/mol. The van der Waals surface area contributed by atoms with Crippen molar-refractivity contribution in [2.75, 3.05) is 18.5 Å². The van der Waals surface area contributed by atoms with Crippen LogP contribution < -0.4 is 10.9 Å². The lowest BCUT2D eigenvalue weighted by molar-refractivity contribution is -0.249. The van der Waals surface area contributed by atoms with Gasteiger partial charge in [0.25, 0.3) is 5.56 Å². The van der Waals surface area contributed by atoms with E-state index < -0.39 is 34.6 Å². The van der Waals surface area contributed by atoms with E-state index in [2.05, 4.69) is 26.5 Å². The van der Waals surface area contributed by atoms with Crippen molar-refractivity contribution in [3.8, 4) is 6.07 Å². The fourth-order valence-electron chi connectivity index (χ4n) is 4.52. The number of fused-ring (bicyclic) bond motifs is 1. The van der Waals surface area contributed by atoms with E-state index in [1.165, 1.54) is 36.7 Å². The number of alkyl halides is 3. The molecule has 1 aliphatic heterocycles. The highest BCUT2D eigenvalue weighted by atomic mass is 19.4. The van der Waals surface area contributed by atoms with E-state index in [0.717, 1.165) is 18.2 Å². The van der Waals surface area contributed by atoms with Crippen molar-refractivity contribution in [3.05, 3.63) is 82.5 Å². The number of H-pyrrole nitrogens is 1. The molecule has 1 aromatic carbocycles. The van der Waals surface area contributed by atoms with Crippen LogP contribution in [-0.2, 0) is 10.3 Å². The number of ether oxygens (including phenoxy) is 1. The Morgan fingerprint density at radius 1 is 1.19 bits per heavy atom. The molecule has 5 rings (SSSR count). The average Bonchev–Trinajstić information content (AvgIpc) is 3.27. The summed E-state index contributed by atoms with van der Waals surface area (Å²) in [6.45, 7) is 0.703. The minimum atomic E-state index is -5.03. The van der Waals surface area contributed by atoms with Crippen LogP contribution in [0.5, 0.6) is 0 Å². The van der Waals surface area contributed by atoms with Gasteiger partial charge in [0.1, 0.15) is 5.39 Å². The first-order valence-electron chi connectivity index (χ1n) is 11.4. The number of halogens is 3. The van der Waals surface area contributed by atoms with Gasteiger partial charge in [0.15, 0.2) is 5.82 Å². The second-order valence-electron chi connectivity index (χ2n) is 8.65. The molecule has 12 heteroatoms. The van der Waals surface area contributed by atoms with E-state index in [9.17, 15) is 28.3 Å². The van der Waals surface area contributed by atoms with Crippen molar-refractivity contribution < 1.29 is 23.0 Å². The molecule has 2 unspecified atom stereocenters. The van der Waals surface area contributed by atoms with Crippen molar-refractivity contribution in [3.63, 3.8) is 0 Å². The van der Waals surface area contributed by atoms with Crippen molar-refractivity contribution >= 4 is 22.4 Å². The van der Waals surface area contributed by atoms with Crippen molar-refractivity contribution in [1.29, 1.82) is 5.26 Å². The van der Waals surface area contributed by atoms with Crippen LogP contribution in [0, 0.1) is 17.2 Å². The third-order valence-electron chi connectivity index (χ3n) is 6.45. The topological polar surface area (TPSA) is 129 Å². The molecule has 9 nitrogen and oxygen atoms in total.